The van der Waals surface area contributed by atoms with Gasteiger partial charge in [0.15, 0.2) is 0 Å². The first-order chi connectivity index (χ1) is 11.5. The van der Waals surface area contributed by atoms with E-state index < -0.39 is 23.7 Å². The van der Waals surface area contributed by atoms with E-state index in [1.54, 1.807) is 30.5 Å². The first kappa shape index (κ1) is 15.7. The molecule has 1 aromatic heterocycles. The Morgan fingerprint density at radius 2 is 1.88 bits per heavy atom. The number of carbonyl (C=O) groups is 3. The Labute approximate surface area is 137 Å². The molecule has 0 aliphatic heterocycles. The van der Waals surface area contributed by atoms with Crippen LogP contribution in [0.1, 0.15) is 23.3 Å². The number of rotatable bonds is 5. The molecule has 3 rings (SSSR count). The van der Waals surface area contributed by atoms with E-state index in [1.807, 2.05) is 0 Å². The van der Waals surface area contributed by atoms with Gasteiger partial charge in [-0.1, -0.05) is 12.1 Å². The Balaban J connectivity index is 1.83. The summed E-state index contributed by atoms with van der Waals surface area (Å²) in [6, 6.07) is 8.40. The average molecular weight is 328 g/mol. The molecule has 24 heavy (non-hydrogen) atoms. The van der Waals surface area contributed by atoms with E-state index in [0.717, 1.165) is 0 Å². The summed E-state index contributed by atoms with van der Waals surface area (Å²) in [5, 5.41) is 15.9. The highest BCUT2D eigenvalue weighted by Crippen LogP contribution is 2.35. The summed E-state index contributed by atoms with van der Waals surface area (Å²) in [7, 11) is 0. The van der Waals surface area contributed by atoms with Gasteiger partial charge in [-0.05, 0) is 31.0 Å². The van der Waals surface area contributed by atoms with Crippen molar-refractivity contribution in [3.05, 3.63) is 42.2 Å². The summed E-state index contributed by atoms with van der Waals surface area (Å²) in [5.74, 6) is -3.09. The molecule has 2 aromatic rings. The van der Waals surface area contributed by atoms with E-state index >= 15 is 0 Å². The number of carbonyl (C=O) groups excluding carboxylic acids is 2. The number of nitrogens with one attached hydrogen (secondary N) is 1. The van der Waals surface area contributed by atoms with E-state index in [0.29, 0.717) is 24.2 Å². The molecule has 4 N–H and O–H groups in total. The van der Waals surface area contributed by atoms with Crippen LogP contribution in [0.25, 0.3) is 5.69 Å². The second kappa shape index (κ2) is 6.15. The second-order valence-corrected chi connectivity index (χ2v) is 5.64. The van der Waals surface area contributed by atoms with Crippen LogP contribution in [-0.2, 0) is 9.59 Å². The molecule has 8 heteroatoms. The van der Waals surface area contributed by atoms with Crippen molar-refractivity contribution in [1.82, 2.24) is 9.78 Å². The predicted octanol–water partition coefficient (Wildman–Crippen LogP) is 1.02. The van der Waals surface area contributed by atoms with Crippen molar-refractivity contribution in [2.75, 3.05) is 5.32 Å². The van der Waals surface area contributed by atoms with Crippen LogP contribution < -0.4 is 11.1 Å². The van der Waals surface area contributed by atoms with Gasteiger partial charge in [0.05, 0.1) is 23.2 Å². The maximum absolute atomic E-state index is 12.3. The third-order valence-corrected chi connectivity index (χ3v) is 4.18. The van der Waals surface area contributed by atoms with E-state index in [9.17, 15) is 14.4 Å². The number of benzene rings is 1. The fraction of sp³-hybridized carbons (Fsp3) is 0.250. The Hall–Kier alpha value is -3.16. The summed E-state index contributed by atoms with van der Waals surface area (Å²) in [5.41, 5.74) is 6.35. The smallest absolute Gasteiger partial charge is 0.307 e. The summed E-state index contributed by atoms with van der Waals surface area (Å²) in [6.45, 7) is 0. The lowest BCUT2D eigenvalue weighted by atomic mass is 9.73. The number of anilines is 1. The van der Waals surface area contributed by atoms with Crippen molar-refractivity contribution in [2.45, 2.75) is 12.8 Å². The zero-order chi connectivity index (χ0) is 17.3. The number of aromatic nitrogens is 2. The first-order valence-corrected chi connectivity index (χ1v) is 7.46. The Kier molecular flexibility index (Phi) is 4.03. The molecule has 2 unspecified atom stereocenters. The van der Waals surface area contributed by atoms with Crippen molar-refractivity contribution in [2.24, 2.45) is 17.6 Å². The van der Waals surface area contributed by atoms with Gasteiger partial charge >= 0.3 is 5.97 Å². The molecule has 0 bridgehead atoms. The minimum atomic E-state index is -0.951. The van der Waals surface area contributed by atoms with Crippen LogP contribution in [0.3, 0.4) is 0 Å². The molecule has 1 heterocycles. The molecule has 1 aromatic carbocycles. The molecule has 1 aliphatic rings. The van der Waals surface area contributed by atoms with Crippen molar-refractivity contribution in [3.8, 4) is 5.69 Å². The van der Waals surface area contributed by atoms with E-state index in [2.05, 4.69) is 10.4 Å². The number of nitrogens with zero attached hydrogens (tertiary/aromatic N) is 2. The van der Waals surface area contributed by atoms with Crippen LogP contribution >= 0.6 is 0 Å². The number of carboxylic acids is 1. The summed E-state index contributed by atoms with van der Waals surface area (Å²) < 4.78 is 1.44. The highest BCUT2D eigenvalue weighted by atomic mass is 16.4. The predicted molar refractivity (Wildman–Crippen MR) is 84.6 cm³/mol. The number of nitrogens with two attached hydrogens (primary N) is 1. The van der Waals surface area contributed by atoms with Crippen LogP contribution in [0.15, 0.2) is 36.5 Å². The monoisotopic (exact) mass is 328 g/mol. The van der Waals surface area contributed by atoms with Gasteiger partial charge in [0.2, 0.25) is 5.91 Å². The molecule has 0 spiro atoms. The lowest BCUT2D eigenvalue weighted by molar-refractivity contribution is -0.151. The average Bonchev–Trinajstić information content (AvgIpc) is 2.95. The zero-order valence-corrected chi connectivity index (χ0v) is 12.7. The number of hydrogen-bond acceptors (Lipinski definition) is 4. The molecule has 124 valence electrons. The van der Waals surface area contributed by atoms with Gasteiger partial charge in [-0.2, -0.15) is 5.10 Å². The summed E-state index contributed by atoms with van der Waals surface area (Å²) in [6.07, 6.45) is 2.63. The Morgan fingerprint density at radius 3 is 2.46 bits per heavy atom. The number of hydrogen-bond donors (Lipinski definition) is 3. The fourth-order valence-electron chi connectivity index (χ4n) is 2.70. The minimum Gasteiger partial charge on any atom is -0.481 e. The largest absolute Gasteiger partial charge is 0.481 e. The molecule has 1 saturated carbocycles. The molecular weight excluding hydrogens is 312 g/mol. The normalized spacial score (nSPS) is 19.3. The fourth-order valence-corrected chi connectivity index (χ4v) is 2.70. The zero-order valence-electron chi connectivity index (χ0n) is 12.7. The van der Waals surface area contributed by atoms with Crippen LogP contribution in [0.5, 0.6) is 0 Å². The highest BCUT2D eigenvalue weighted by Gasteiger charge is 2.41. The van der Waals surface area contributed by atoms with Crippen molar-refractivity contribution in [3.63, 3.8) is 0 Å². The van der Waals surface area contributed by atoms with E-state index in [1.165, 1.54) is 10.7 Å². The quantitative estimate of drug-likeness (QED) is 0.755. The number of para-hydroxylation sites is 2. The minimum absolute atomic E-state index is 0.112. The van der Waals surface area contributed by atoms with Gasteiger partial charge in [0.25, 0.3) is 5.91 Å². The Bertz CT molecular complexity index is 814. The topological polar surface area (TPSA) is 127 Å². The van der Waals surface area contributed by atoms with Crippen LogP contribution in [-0.4, -0.2) is 32.7 Å². The van der Waals surface area contributed by atoms with Gasteiger partial charge in [-0.25, -0.2) is 4.68 Å². The van der Waals surface area contributed by atoms with Crippen LogP contribution in [0.2, 0.25) is 0 Å². The lowest BCUT2D eigenvalue weighted by Crippen LogP contribution is -2.41. The molecule has 0 saturated heterocycles. The van der Waals surface area contributed by atoms with E-state index in [-0.39, 0.29) is 11.6 Å². The number of primary amides is 1. The van der Waals surface area contributed by atoms with Crippen molar-refractivity contribution >= 4 is 23.5 Å². The van der Waals surface area contributed by atoms with Crippen LogP contribution in [0, 0.1) is 11.8 Å². The molecular formula is C16H16N4O4. The van der Waals surface area contributed by atoms with Gasteiger partial charge < -0.3 is 16.2 Å². The van der Waals surface area contributed by atoms with Gasteiger partial charge in [0, 0.05) is 6.20 Å². The second-order valence-electron chi connectivity index (χ2n) is 5.64. The highest BCUT2D eigenvalue weighted by molar-refractivity contribution is 5.97. The van der Waals surface area contributed by atoms with Crippen molar-refractivity contribution in [1.29, 1.82) is 0 Å². The summed E-state index contributed by atoms with van der Waals surface area (Å²) in [4.78, 5) is 34.6. The standard InChI is InChI=1S/C16H16N4O4/c17-14(21)12-7-8-20(19-12)13-4-2-1-3-11(13)18-15(22)9-5-6-10(9)16(23)24/h1-4,7-10H,5-6H2,(H2,17,21)(H,18,22)(H,23,24). The maximum Gasteiger partial charge on any atom is 0.307 e. The third-order valence-electron chi connectivity index (χ3n) is 4.18. The molecule has 1 fully saturated rings. The lowest BCUT2D eigenvalue weighted by Gasteiger charge is -2.32. The molecule has 0 radical (unpaired) electrons. The van der Waals surface area contributed by atoms with Crippen molar-refractivity contribution < 1.29 is 19.5 Å². The molecule has 8 nitrogen and oxygen atoms in total. The van der Waals surface area contributed by atoms with E-state index in [4.69, 9.17) is 10.8 Å². The molecule has 1 aliphatic carbocycles. The number of carboxylic acid groups (broad SMARTS) is 1. The molecule has 2 atom stereocenters. The first-order valence-electron chi connectivity index (χ1n) is 7.46. The Morgan fingerprint density at radius 1 is 1.17 bits per heavy atom. The maximum atomic E-state index is 12.3. The third kappa shape index (κ3) is 2.85. The number of amides is 2. The summed E-state index contributed by atoms with van der Waals surface area (Å²) >= 11 is 0. The van der Waals surface area contributed by atoms with Gasteiger partial charge in [-0.3, -0.25) is 14.4 Å². The van der Waals surface area contributed by atoms with Gasteiger partial charge in [0.1, 0.15) is 5.69 Å². The number of aliphatic carboxylic acids is 1. The molecule has 2 amide bonds. The van der Waals surface area contributed by atoms with Crippen LogP contribution in [0.4, 0.5) is 5.69 Å². The SMILES string of the molecule is NC(=O)c1ccn(-c2ccccc2NC(=O)C2CCC2C(=O)O)n1. The van der Waals surface area contributed by atoms with Gasteiger partial charge in [-0.15, -0.1) is 0 Å².